The van der Waals surface area contributed by atoms with Crippen LogP contribution in [0.1, 0.15) is 38.5 Å². The molecule has 0 spiro atoms. The van der Waals surface area contributed by atoms with Gasteiger partial charge in [-0.3, -0.25) is 0 Å². The fourth-order valence-electron chi connectivity index (χ4n) is 2.64. The Bertz CT molecular complexity index is 373. The van der Waals surface area contributed by atoms with E-state index in [9.17, 15) is 0 Å². The van der Waals surface area contributed by atoms with Crippen LogP contribution >= 0.6 is 15.9 Å². The number of methoxy groups -OCH3 is 1. The largest absolute Gasteiger partial charge is 0.495 e. The third-order valence-electron chi connectivity index (χ3n) is 3.72. The molecular weight excluding hydrogens is 290 g/mol. The van der Waals surface area contributed by atoms with Crippen molar-refractivity contribution in [2.45, 2.75) is 38.5 Å². The summed E-state index contributed by atoms with van der Waals surface area (Å²) in [7, 11) is 1.72. The molecule has 0 saturated heterocycles. The molecule has 0 aromatic heterocycles. The van der Waals surface area contributed by atoms with Crippen LogP contribution in [0.2, 0.25) is 0 Å². The van der Waals surface area contributed by atoms with Crippen LogP contribution in [-0.4, -0.2) is 13.7 Å². The monoisotopic (exact) mass is 311 g/mol. The maximum Gasteiger partial charge on any atom is 0.142 e. The number of ether oxygens (including phenoxy) is 1. The minimum atomic E-state index is 0.816. The van der Waals surface area contributed by atoms with E-state index in [0.717, 1.165) is 28.4 Å². The lowest BCUT2D eigenvalue weighted by molar-refractivity contribution is 0.415. The summed E-state index contributed by atoms with van der Waals surface area (Å²) in [5.41, 5.74) is 1.09. The zero-order chi connectivity index (χ0) is 12.8. The van der Waals surface area contributed by atoms with Crippen LogP contribution in [0, 0.1) is 5.92 Å². The lowest BCUT2D eigenvalue weighted by atomic mass is 10.0. The molecular formula is C15H22BrNO. The molecule has 2 rings (SSSR count). The van der Waals surface area contributed by atoms with E-state index in [2.05, 4.69) is 27.3 Å². The van der Waals surface area contributed by atoms with E-state index in [0.29, 0.717) is 0 Å². The van der Waals surface area contributed by atoms with Gasteiger partial charge in [0.1, 0.15) is 5.75 Å². The van der Waals surface area contributed by atoms with E-state index in [1.807, 2.05) is 12.1 Å². The third-order valence-corrected chi connectivity index (χ3v) is 4.21. The second-order valence-electron chi connectivity index (χ2n) is 5.08. The number of halogens is 1. The summed E-state index contributed by atoms with van der Waals surface area (Å²) in [4.78, 5) is 0. The van der Waals surface area contributed by atoms with E-state index in [1.165, 1.54) is 38.5 Å². The second-order valence-corrected chi connectivity index (χ2v) is 6.00. The molecule has 0 aliphatic heterocycles. The molecule has 1 N–H and O–H groups in total. The Balaban J connectivity index is 1.94. The van der Waals surface area contributed by atoms with Crippen molar-refractivity contribution < 1.29 is 4.74 Å². The third kappa shape index (κ3) is 3.91. The molecule has 0 amide bonds. The van der Waals surface area contributed by atoms with Crippen molar-refractivity contribution in [3.63, 3.8) is 0 Å². The van der Waals surface area contributed by atoms with Gasteiger partial charge in [-0.05, 0) is 37.0 Å². The molecule has 0 heterocycles. The van der Waals surface area contributed by atoms with Gasteiger partial charge in [0.2, 0.25) is 0 Å². The first kappa shape index (κ1) is 13.7. The molecule has 1 fully saturated rings. The lowest BCUT2D eigenvalue weighted by Crippen LogP contribution is -2.14. The topological polar surface area (TPSA) is 21.3 Å². The number of anilines is 1. The van der Waals surface area contributed by atoms with Gasteiger partial charge in [0, 0.05) is 11.0 Å². The van der Waals surface area contributed by atoms with Gasteiger partial charge in [0.15, 0.2) is 0 Å². The molecule has 0 atom stereocenters. The Kier molecular flexibility index (Phi) is 5.36. The number of hydrogen-bond donors (Lipinski definition) is 1. The van der Waals surface area contributed by atoms with Crippen molar-refractivity contribution in [1.29, 1.82) is 0 Å². The summed E-state index contributed by atoms with van der Waals surface area (Å²) in [5.74, 6) is 1.74. The summed E-state index contributed by atoms with van der Waals surface area (Å²) < 4.78 is 6.47. The summed E-state index contributed by atoms with van der Waals surface area (Å²) >= 11 is 3.51. The van der Waals surface area contributed by atoms with E-state index < -0.39 is 0 Å². The predicted octanol–water partition coefficient (Wildman–Crippen LogP) is 4.84. The van der Waals surface area contributed by atoms with Gasteiger partial charge >= 0.3 is 0 Å². The molecule has 0 radical (unpaired) electrons. The molecule has 2 nitrogen and oxygen atoms in total. The van der Waals surface area contributed by atoms with Gasteiger partial charge in [0.25, 0.3) is 0 Å². The lowest BCUT2D eigenvalue weighted by Gasteiger charge is -2.17. The number of hydrogen-bond acceptors (Lipinski definition) is 2. The highest BCUT2D eigenvalue weighted by Crippen LogP contribution is 2.29. The molecule has 18 heavy (non-hydrogen) atoms. The molecule has 1 aliphatic carbocycles. The Morgan fingerprint density at radius 1 is 1.22 bits per heavy atom. The van der Waals surface area contributed by atoms with Gasteiger partial charge in [-0.1, -0.05) is 41.6 Å². The van der Waals surface area contributed by atoms with E-state index in [4.69, 9.17) is 4.74 Å². The number of nitrogens with one attached hydrogen (secondary N) is 1. The van der Waals surface area contributed by atoms with Crippen LogP contribution in [0.3, 0.4) is 0 Å². The van der Waals surface area contributed by atoms with E-state index in [-0.39, 0.29) is 0 Å². The molecule has 1 aromatic carbocycles. The summed E-state index contributed by atoms with van der Waals surface area (Å²) in [6, 6.07) is 6.10. The van der Waals surface area contributed by atoms with E-state index in [1.54, 1.807) is 7.11 Å². The van der Waals surface area contributed by atoms with E-state index >= 15 is 0 Å². The standard InChI is InChI=1S/C15H22BrNO/c1-18-15-9-8-13(16)10-14(15)17-11-12-6-4-2-3-5-7-12/h8-10,12,17H,2-7,11H2,1H3. The Labute approximate surface area is 118 Å². The van der Waals surface area contributed by atoms with Crippen molar-refractivity contribution >= 4 is 21.6 Å². The van der Waals surface area contributed by atoms with Crippen LogP contribution in [0.15, 0.2) is 22.7 Å². The normalized spacial score (nSPS) is 17.2. The fraction of sp³-hybridized carbons (Fsp3) is 0.600. The van der Waals surface area contributed by atoms with Crippen LogP contribution in [-0.2, 0) is 0 Å². The quantitative estimate of drug-likeness (QED) is 0.803. The Morgan fingerprint density at radius 2 is 1.94 bits per heavy atom. The maximum absolute atomic E-state index is 5.38. The zero-order valence-electron chi connectivity index (χ0n) is 11.0. The van der Waals surface area contributed by atoms with Crippen molar-refractivity contribution in [2.24, 2.45) is 5.92 Å². The second kappa shape index (κ2) is 7.03. The molecule has 3 heteroatoms. The van der Waals surface area contributed by atoms with Crippen molar-refractivity contribution in [3.8, 4) is 5.75 Å². The highest BCUT2D eigenvalue weighted by Gasteiger charge is 2.13. The van der Waals surface area contributed by atoms with Gasteiger partial charge in [-0.2, -0.15) is 0 Å². The minimum Gasteiger partial charge on any atom is -0.495 e. The molecule has 100 valence electrons. The highest BCUT2D eigenvalue weighted by molar-refractivity contribution is 9.10. The Hall–Kier alpha value is -0.700. The first-order valence-corrected chi connectivity index (χ1v) is 7.66. The average Bonchev–Trinajstić information content (AvgIpc) is 2.65. The van der Waals surface area contributed by atoms with Gasteiger partial charge in [-0.25, -0.2) is 0 Å². The summed E-state index contributed by atoms with van der Waals surface area (Å²) in [6.07, 6.45) is 8.34. The fourth-order valence-corrected chi connectivity index (χ4v) is 3.00. The first-order chi connectivity index (χ1) is 8.79. The molecule has 0 bridgehead atoms. The number of rotatable bonds is 4. The predicted molar refractivity (Wildman–Crippen MR) is 80.4 cm³/mol. The molecule has 1 aromatic rings. The van der Waals surface area contributed by atoms with Crippen molar-refractivity contribution in [3.05, 3.63) is 22.7 Å². The molecule has 1 aliphatic rings. The average molecular weight is 312 g/mol. The number of benzene rings is 1. The van der Waals surface area contributed by atoms with Crippen molar-refractivity contribution in [2.75, 3.05) is 19.0 Å². The Morgan fingerprint density at radius 3 is 2.61 bits per heavy atom. The van der Waals surface area contributed by atoms with Gasteiger partial charge in [0.05, 0.1) is 12.8 Å². The summed E-state index contributed by atoms with van der Waals surface area (Å²) in [5, 5.41) is 3.55. The smallest absolute Gasteiger partial charge is 0.142 e. The van der Waals surface area contributed by atoms with Crippen molar-refractivity contribution in [1.82, 2.24) is 0 Å². The zero-order valence-corrected chi connectivity index (χ0v) is 12.6. The van der Waals surface area contributed by atoms with Gasteiger partial charge < -0.3 is 10.1 Å². The van der Waals surface area contributed by atoms with Gasteiger partial charge in [-0.15, -0.1) is 0 Å². The molecule has 0 unspecified atom stereocenters. The minimum absolute atomic E-state index is 0.816. The molecule has 1 saturated carbocycles. The van der Waals surface area contributed by atoms with Crippen LogP contribution in [0.4, 0.5) is 5.69 Å². The summed E-state index contributed by atoms with van der Waals surface area (Å²) in [6.45, 7) is 1.06. The SMILES string of the molecule is COc1ccc(Br)cc1NCC1CCCCCC1. The maximum atomic E-state index is 5.38. The van der Waals surface area contributed by atoms with Crippen LogP contribution in [0.5, 0.6) is 5.75 Å². The highest BCUT2D eigenvalue weighted by atomic mass is 79.9. The van der Waals surface area contributed by atoms with Crippen LogP contribution in [0.25, 0.3) is 0 Å². The van der Waals surface area contributed by atoms with Crippen LogP contribution < -0.4 is 10.1 Å². The first-order valence-electron chi connectivity index (χ1n) is 6.87.